The Morgan fingerprint density at radius 2 is 1.96 bits per heavy atom. The number of halogens is 4. The molecule has 0 aliphatic carbocycles. The maximum atomic E-state index is 13.0. The van der Waals surface area contributed by atoms with Crippen LogP contribution < -0.4 is 14.8 Å². The van der Waals surface area contributed by atoms with Gasteiger partial charge in [0.05, 0.1) is 23.4 Å². The minimum absolute atomic E-state index is 0.156. The van der Waals surface area contributed by atoms with Crippen LogP contribution in [0.1, 0.15) is 15.9 Å². The van der Waals surface area contributed by atoms with Gasteiger partial charge >= 0.3 is 6.18 Å². The molecule has 0 saturated carbocycles. The number of aldehydes is 1. The van der Waals surface area contributed by atoms with E-state index in [9.17, 15) is 22.8 Å². The highest BCUT2D eigenvalue weighted by molar-refractivity contribution is 6.34. The van der Waals surface area contributed by atoms with Gasteiger partial charge in [-0.05, 0) is 30.3 Å². The van der Waals surface area contributed by atoms with Crippen molar-refractivity contribution in [3.8, 4) is 11.5 Å². The Kier molecular flexibility index (Phi) is 6.10. The maximum absolute atomic E-state index is 13.0. The van der Waals surface area contributed by atoms with E-state index in [1.807, 2.05) is 0 Å². The fraction of sp³-hybridized carbons (Fsp3) is 0.176. The monoisotopic (exact) mass is 387 g/mol. The van der Waals surface area contributed by atoms with Gasteiger partial charge in [-0.1, -0.05) is 17.7 Å². The van der Waals surface area contributed by atoms with Crippen LogP contribution in [0.2, 0.25) is 5.02 Å². The third-order valence-electron chi connectivity index (χ3n) is 3.27. The third kappa shape index (κ3) is 4.66. The quantitative estimate of drug-likeness (QED) is 0.755. The van der Waals surface area contributed by atoms with Gasteiger partial charge in [0.25, 0.3) is 5.91 Å². The Balaban J connectivity index is 2.13. The molecule has 0 aliphatic heterocycles. The molecule has 0 unspecified atom stereocenters. The van der Waals surface area contributed by atoms with Crippen molar-refractivity contribution in [3.63, 3.8) is 0 Å². The van der Waals surface area contributed by atoms with Gasteiger partial charge in [-0.25, -0.2) is 0 Å². The van der Waals surface area contributed by atoms with Crippen LogP contribution in [-0.4, -0.2) is 25.9 Å². The molecule has 138 valence electrons. The molecule has 0 radical (unpaired) electrons. The van der Waals surface area contributed by atoms with E-state index in [0.717, 1.165) is 12.1 Å². The van der Waals surface area contributed by atoms with Crippen LogP contribution in [0.15, 0.2) is 36.4 Å². The van der Waals surface area contributed by atoms with Crippen LogP contribution in [0.25, 0.3) is 0 Å². The van der Waals surface area contributed by atoms with Crippen molar-refractivity contribution in [2.75, 3.05) is 19.0 Å². The SMILES string of the molecule is COc1cc(C=O)ccc1OCC(=O)Nc1c(Cl)cccc1C(F)(F)F. The summed E-state index contributed by atoms with van der Waals surface area (Å²) < 4.78 is 49.3. The van der Waals surface area contributed by atoms with Crippen LogP contribution in [-0.2, 0) is 11.0 Å². The number of carbonyl (C=O) groups is 2. The minimum Gasteiger partial charge on any atom is -0.493 e. The van der Waals surface area contributed by atoms with E-state index in [4.69, 9.17) is 21.1 Å². The lowest BCUT2D eigenvalue weighted by molar-refractivity contribution is -0.137. The lowest BCUT2D eigenvalue weighted by atomic mass is 10.1. The van der Waals surface area contributed by atoms with E-state index in [2.05, 4.69) is 5.32 Å². The molecule has 1 N–H and O–H groups in total. The van der Waals surface area contributed by atoms with E-state index in [1.54, 1.807) is 0 Å². The molecular formula is C17H13ClF3NO4. The second-order valence-corrected chi connectivity index (χ2v) is 5.43. The fourth-order valence-corrected chi connectivity index (χ4v) is 2.30. The number of rotatable bonds is 6. The van der Waals surface area contributed by atoms with Crippen molar-refractivity contribution in [1.29, 1.82) is 0 Å². The second-order valence-electron chi connectivity index (χ2n) is 5.03. The first-order chi connectivity index (χ1) is 12.3. The summed E-state index contributed by atoms with van der Waals surface area (Å²) in [5, 5.41) is 1.85. The second kappa shape index (κ2) is 8.09. The first kappa shape index (κ1) is 19.6. The van der Waals surface area contributed by atoms with Gasteiger partial charge in [-0.15, -0.1) is 0 Å². The number of carbonyl (C=O) groups excluding carboxylic acids is 2. The van der Waals surface area contributed by atoms with Gasteiger partial charge in [0.15, 0.2) is 18.1 Å². The summed E-state index contributed by atoms with van der Waals surface area (Å²) in [6, 6.07) is 7.43. The average molecular weight is 388 g/mol. The molecule has 5 nitrogen and oxygen atoms in total. The van der Waals surface area contributed by atoms with Crippen LogP contribution in [0.4, 0.5) is 18.9 Å². The van der Waals surface area contributed by atoms with Crippen LogP contribution in [0.5, 0.6) is 11.5 Å². The van der Waals surface area contributed by atoms with Crippen molar-refractivity contribution in [2.24, 2.45) is 0 Å². The maximum Gasteiger partial charge on any atom is 0.418 e. The lowest BCUT2D eigenvalue weighted by Gasteiger charge is -2.16. The van der Waals surface area contributed by atoms with Crippen molar-refractivity contribution < 1.29 is 32.2 Å². The number of amides is 1. The Morgan fingerprint density at radius 3 is 2.58 bits per heavy atom. The summed E-state index contributed by atoms with van der Waals surface area (Å²) in [5.41, 5.74) is -1.27. The van der Waals surface area contributed by atoms with Crippen molar-refractivity contribution in [3.05, 3.63) is 52.5 Å². The summed E-state index contributed by atoms with van der Waals surface area (Å²) >= 11 is 5.77. The molecule has 0 saturated heterocycles. The Hall–Kier alpha value is -2.74. The third-order valence-corrected chi connectivity index (χ3v) is 3.58. The van der Waals surface area contributed by atoms with Gasteiger partial charge in [-0.2, -0.15) is 13.2 Å². The van der Waals surface area contributed by atoms with E-state index in [1.165, 1.54) is 31.4 Å². The molecule has 1 amide bonds. The zero-order valence-corrected chi connectivity index (χ0v) is 14.1. The van der Waals surface area contributed by atoms with Gasteiger partial charge in [0.2, 0.25) is 0 Å². The fourth-order valence-electron chi connectivity index (χ4n) is 2.08. The number of hydrogen-bond donors (Lipinski definition) is 1. The molecule has 0 bridgehead atoms. The molecule has 0 aromatic heterocycles. The molecule has 0 atom stereocenters. The summed E-state index contributed by atoms with van der Waals surface area (Å²) in [6.45, 7) is -0.584. The highest BCUT2D eigenvalue weighted by Crippen LogP contribution is 2.38. The molecule has 0 heterocycles. The molecule has 2 aromatic carbocycles. The van der Waals surface area contributed by atoms with Crippen molar-refractivity contribution >= 4 is 29.5 Å². The highest BCUT2D eigenvalue weighted by Gasteiger charge is 2.34. The van der Waals surface area contributed by atoms with E-state index in [-0.39, 0.29) is 16.5 Å². The van der Waals surface area contributed by atoms with Crippen LogP contribution >= 0.6 is 11.6 Å². The van der Waals surface area contributed by atoms with E-state index >= 15 is 0 Å². The van der Waals surface area contributed by atoms with Crippen LogP contribution in [0, 0.1) is 0 Å². The van der Waals surface area contributed by atoms with Gasteiger partial charge in [0.1, 0.15) is 6.29 Å². The summed E-state index contributed by atoms with van der Waals surface area (Å²) in [5.74, 6) is -0.482. The van der Waals surface area contributed by atoms with Crippen LogP contribution in [0.3, 0.4) is 0 Å². The summed E-state index contributed by atoms with van der Waals surface area (Å²) in [7, 11) is 1.34. The molecule has 0 spiro atoms. The topological polar surface area (TPSA) is 64.6 Å². The number of alkyl halides is 3. The van der Waals surface area contributed by atoms with Gasteiger partial charge < -0.3 is 14.8 Å². The number of para-hydroxylation sites is 1. The molecule has 9 heteroatoms. The predicted molar refractivity (Wildman–Crippen MR) is 89.0 cm³/mol. The first-order valence-corrected chi connectivity index (χ1v) is 7.55. The zero-order valence-electron chi connectivity index (χ0n) is 13.4. The van der Waals surface area contributed by atoms with Crippen molar-refractivity contribution in [1.82, 2.24) is 0 Å². The standard InChI is InChI=1S/C17H13ClF3NO4/c1-25-14-7-10(8-23)5-6-13(14)26-9-15(24)22-16-11(17(19,20)21)3-2-4-12(16)18/h2-8H,9H2,1H3,(H,22,24). The number of benzene rings is 2. The summed E-state index contributed by atoms with van der Waals surface area (Å²) in [4.78, 5) is 22.7. The Labute approximate surface area is 151 Å². The number of nitrogens with one attached hydrogen (secondary N) is 1. The van der Waals surface area contributed by atoms with Gasteiger partial charge in [0, 0.05) is 5.56 Å². The summed E-state index contributed by atoms with van der Waals surface area (Å²) in [6.07, 6.45) is -4.07. The molecule has 2 rings (SSSR count). The molecule has 0 fully saturated rings. The zero-order chi connectivity index (χ0) is 19.3. The molecular weight excluding hydrogens is 375 g/mol. The van der Waals surface area contributed by atoms with E-state index < -0.39 is 29.9 Å². The van der Waals surface area contributed by atoms with E-state index in [0.29, 0.717) is 11.8 Å². The first-order valence-electron chi connectivity index (χ1n) is 7.18. The highest BCUT2D eigenvalue weighted by atomic mass is 35.5. The van der Waals surface area contributed by atoms with Gasteiger partial charge in [-0.3, -0.25) is 9.59 Å². The smallest absolute Gasteiger partial charge is 0.418 e. The number of ether oxygens (including phenoxy) is 2. The average Bonchev–Trinajstić information content (AvgIpc) is 2.60. The normalized spacial score (nSPS) is 11.0. The number of methoxy groups -OCH3 is 1. The number of hydrogen-bond acceptors (Lipinski definition) is 4. The number of anilines is 1. The molecule has 0 aliphatic rings. The largest absolute Gasteiger partial charge is 0.493 e. The lowest BCUT2D eigenvalue weighted by Crippen LogP contribution is -2.22. The Bertz CT molecular complexity index is 824. The molecule has 26 heavy (non-hydrogen) atoms. The minimum atomic E-state index is -4.68. The Morgan fingerprint density at radius 1 is 1.23 bits per heavy atom. The molecule has 2 aromatic rings. The predicted octanol–water partition coefficient (Wildman–Crippen LogP) is 4.20. The van der Waals surface area contributed by atoms with Crippen molar-refractivity contribution in [2.45, 2.75) is 6.18 Å².